The number of anilines is 1. The predicted molar refractivity (Wildman–Crippen MR) is 138 cm³/mol. The molecule has 0 spiro atoms. The van der Waals surface area contributed by atoms with Crippen molar-refractivity contribution < 1.29 is 14.3 Å². The number of carbonyl (C=O) groups is 2. The number of nitrogens with zero attached hydrogens (tertiary/aromatic N) is 3. The molecule has 0 radical (unpaired) electrons. The molecule has 174 valence electrons. The van der Waals surface area contributed by atoms with Crippen molar-refractivity contribution in [2.24, 2.45) is 0 Å². The third-order valence-electron chi connectivity index (χ3n) is 5.28. The maximum Gasteiger partial charge on any atom is 0.337 e. The molecule has 0 aliphatic rings. The zero-order valence-electron chi connectivity index (χ0n) is 19.2. The van der Waals surface area contributed by atoms with Crippen LogP contribution in [0.15, 0.2) is 58.4 Å². The number of pyridine rings is 1. The summed E-state index contributed by atoms with van der Waals surface area (Å²) in [6, 6.07) is 11.1. The molecule has 1 amide bonds. The first-order valence-electron chi connectivity index (χ1n) is 10.5. The fraction of sp³-hybridized carbons (Fsp3) is 0.200. The molecule has 4 aromatic rings. The molecule has 2 heterocycles. The third kappa shape index (κ3) is 4.85. The van der Waals surface area contributed by atoms with Gasteiger partial charge in [0, 0.05) is 10.7 Å². The summed E-state index contributed by atoms with van der Waals surface area (Å²) in [7, 11) is 1.33. The standard InChI is InChI=1S/C25H23BrN4O3S/c1-14-9-15(2)23(16(3)10-14)30-21-7-8-27-12-20(21)29-25(30)34-13-22(31)28-19-6-5-17(11-18(19)26)24(32)33-4/h5-12H,13H2,1-4H3,(H,28,31). The lowest BCUT2D eigenvalue weighted by Gasteiger charge is -2.16. The second-order valence-electron chi connectivity index (χ2n) is 7.86. The Hall–Kier alpha value is -3.17. The second kappa shape index (κ2) is 9.99. The highest BCUT2D eigenvalue weighted by Crippen LogP contribution is 2.32. The van der Waals surface area contributed by atoms with Gasteiger partial charge in [0.15, 0.2) is 5.16 Å². The van der Waals surface area contributed by atoms with Crippen LogP contribution in [-0.2, 0) is 9.53 Å². The van der Waals surface area contributed by atoms with Gasteiger partial charge in [-0.2, -0.15) is 0 Å². The number of amides is 1. The van der Waals surface area contributed by atoms with Gasteiger partial charge in [0.25, 0.3) is 0 Å². The maximum absolute atomic E-state index is 12.8. The Kier molecular flexibility index (Phi) is 7.04. The van der Waals surface area contributed by atoms with Gasteiger partial charge in [0.05, 0.1) is 41.5 Å². The molecule has 4 rings (SSSR count). The molecule has 0 atom stereocenters. The van der Waals surface area contributed by atoms with Gasteiger partial charge in [0.2, 0.25) is 5.91 Å². The number of benzene rings is 2. The van der Waals surface area contributed by atoms with E-state index in [2.05, 4.69) is 63.7 Å². The summed E-state index contributed by atoms with van der Waals surface area (Å²) < 4.78 is 7.42. The van der Waals surface area contributed by atoms with E-state index in [-0.39, 0.29) is 11.7 Å². The zero-order chi connectivity index (χ0) is 24.4. The van der Waals surface area contributed by atoms with Crippen molar-refractivity contribution in [2.45, 2.75) is 25.9 Å². The van der Waals surface area contributed by atoms with Crippen molar-refractivity contribution in [2.75, 3.05) is 18.2 Å². The summed E-state index contributed by atoms with van der Waals surface area (Å²) in [5.41, 5.74) is 7.20. The lowest BCUT2D eigenvalue weighted by atomic mass is 10.0. The normalized spacial score (nSPS) is 11.0. The number of carbonyl (C=O) groups excluding carboxylic acids is 2. The van der Waals surface area contributed by atoms with Crippen molar-refractivity contribution in [1.29, 1.82) is 0 Å². The van der Waals surface area contributed by atoms with Crippen molar-refractivity contribution in [3.63, 3.8) is 0 Å². The van der Waals surface area contributed by atoms with Crippen LogP contribution >= 0.6 is 27.7 Å². The van der Waals surface area contributed by atoms with E-state index < -0.39 is 5.97 Å². The van der Waals surface area contributed by atoms with Crippen LogP contribution in [0.25, 0.3) is 16.7 Å². The van der Waals surface area contributed by atoms with Crippen LogP contribution in [-0.4, -0.2) is 39.3 Å². The number of fused-ring (bicyclic) bond motifs is 1. The van der Waals surface area contributed by atoms with Gasteiger partial charge in [-0.25, -0.2) is 9.78 Å². The van der Waals surface area contributed by atoms with E-state index >= 15 is 0 Å². The van der Waals surface area contributed by atoms with E-state index in [0.717, 1.165) is 27.8 Å². The van der Waals surface area contributed by atoms with Crippen LogP contribution < -0.4 is 5.32 Å². The van der Waals surface area contributed by atoms with Gasteiger partial charge in [-0.05, 0) is 72.1 Å². The Morgan fingerprint density at radius 2 is 1.85 bits per heavy atom. The first-order chi connectivity index (χ1) is 16.3. The number of aromatic nitrogens is 3. The minimum atomic E-state index is -0.441. The van der Waals surface area contributed by atoms with E-state index in [0.29, 0.717) is 20.9 Å². The number of halogens is 1. The number of thioether (sulfide) groups is 1. The van der Waals surface area contributed by atoms with Crippen molar-refractivity contribution in [3.05, 3.63) is 75.5 Å². The fourth-order valence-electron chi connectivity index (χ4n) is 3.93. The molecule has 2 aromatic heterocycles. The highest BCUT2D eigenvalue weighted by molar-refractivity contribution is 9.10. The average molecular weight is 539 g/mol. The summed E-state index contributed by atoms with van der Waals surface area (Å²) in [6.07, 6.45) is 3.48. The van der Waals surface area contributed by atoms with Crippen molar-refractivity contribution in [3.8, 4) is 5.69 Å². The van der Waals surface area contributed by atoms with Gasteiger partial charge in [0.1, 0.15) is 5.52 Å². The van der Waals surface area contributed by atoms with E-state index in [1.54, 1.807) is 30.6 Å². The predicted octanol–water partition coefficient (Wildman–Crippen LogP) is 5.63. The van der Waals surface area contributed by atoms with E-state index in [9.17, 15) is 9.59 Å². The van der Waals surface area contributed by atoms with E-state index in [1.165, 1.54) is 24.4 Å². The lowest BCUT2D eigenvalue weighted by molar-refractivity contribution is -0.113. The first kappa shape index (κ1) is 24.0. The molecule has 0 bridgehead atoms. The molecule has 34 heavy (non-hydrogen) atoms. The number of hydrogen-bond donors (Lipinski definition) is 1. The number of aryl methyl sites for hydroxylation is 3. The SMILES string of the molecule is COC(=O)c1ccc(NC(=O)CSc2nc3cnccc3n2-c2c(C)cc(C)cc2C)c(Br)c1. The Balaban J connectivity index is 1.60. The third-order valence-corrected chi connectivity index (χ3v) is 6.88. The molecule has 9 heteroatoms. The molecule has 0 fully saturated rings. The minimum absolute atomic E-state index is 0.159. The number of methoxy groups -OCH3 is 1. The Labute approximate surface area is 210 Å². The molecule has 0 unspecified atom stereocenters. The number of rotatable bonds is 6. The summed E-state index contributed by atoms with van der Waals surface area (Å²) in [6.45, 7) is 6.24. The smallest absolute Gasteiger partial charge is 0.337 e. The molecule has 1 N–H and O–H groups in total. The fourth-order valence-corrected chi connectivity index (χ4v) is 5.22. The monoisotopic (exact) mass is 538 g/mol. The van der Waals surface area contributed by atoms with Gasteiger partial charge in [-0.15, -0.1) is 0 Å². The van der Waals surface area contributed by atoms with Gasteiger partial charge in [-0.3, -0.25) is 14.3 Å². The van der Waals surface area contributed by atoms with Crippen LogP contribution in [0.3, 0.4) is 0 Å². The van der Waals surface area contributed by atoms with Gasteiger partial charge < -0.3 is 10.1 Å². The highest BCUT2D eigenvalue weighted by atomic mass is 79.9. The molecule has 7 nitrogen and oxygen atoms in total. The van der Waals surface area contributed by atoms with Crippen LogP contribution in [0.4, 0.5) is 5.69 Å². The lowest BCUT2D eigenvalue weighted by Crippen LogP contribution is -2.15. The van der Waals surface area contributed by atoms with E-state index in [4.69, 9.17) is 9.72 Å². The minimum Gasteiger partial charge on any atom is -0.465 e. The van der Waals surface area contributed by atoms with Gasteiger partial charge in [-0.1, -0.05) is 29.5 Å². The van der Waals surface area contributed by atoms with Crippen LogP contribution in [0.5, 0.6) is 0 Å². The molecular formula is C25H23BrN4O3S. The van der Waals surface area contributed by atoms with Crippen LogP contribution in [0.2, 0.25) is 0 Å². The second-order valence-corrected chi connectivity index (χ2v) is 9.66. The number of ether oxygens (including phenoxy) is 1. The highest BCUT2D eigenvalue weighted by Gasteiger charge is 2.18. The average Bonchev–Trinajstić information content (AvgIpc) is 3.16. The summed E-state index contributed by atoms with van der Waals surface area (Å²) in [4.78, 5) is 33.4. The summed E-state index contributed by atoms with van der Waals surface area (Å²) in [5, 5.41) is 3.60. The summed E-state index contributed by atoms with van der Waals surface area (Å²) in [5.74, 6) is -0.471. The zero-order valence-corrected chi connectivity index (χ0v) is 21.6. The number of imidazole rings is 1. The molecule has 0 aliphatic heterocycles. The quantitative estimate of drug-likeness (QED) is 0.253. The number of hydrogen-bond acceptors (Lipinski definition) is 6. The largest absolute Gasteiger partial charge is 0.465 e. The molecule has 2 aromatic carbocycles. The first-order valence-corrected chi connectivity index (χ1v) is 12.3. The maximum atomic E-state index is 12.8. The summed E-state index contributed by atoms with van der Waals surface area (Å²) >= 11 is 4.76. The molecule has 0 saturated carbocycles. The molecule has 0 aliphatic carbocycles. The van der Waals surface area contributed by atoms with E-state index in [1.807, 2.05) is 6.07 Å². The van der Waals surface area contributed by atoms with Crippen LogP contribution in [0.1, 0.15) is 27.0 Å². The number of nitrogens with one attached hydrogen (secondary N) is 1. The van der Waals surface area contributed by atoms with Gasteiger partial charge >= 0.3 is 5.97 Å². The Bertz CT molecular complexity index is 1390. The molecule has 0 saturated heterocycles. The number of esters is 1. The van der Waals surface area contributed by atoms with Crippen molar-refractivity contribution >= 4 is 56.3 Å². The Morgan fingerprint density at radius 3 is 2.53 bits per heavy atom. The topological polar surface area (TPSA) is 86.1 Å². The Morgan fingerprint density at radius 1 is 1.12 bits per heavy atom. The molecular weight excluding hydrogens is 516 g/mol. The van der Waals surface area contributed by atoms with Crippen LogP contribution in [0, 0.1) is 20.8 Å². The van der Waals surface area contributed by atoms with Crippen molar-refractivity contribution in [1.82, 2.24) is 14.5 Å².